The molecule has 0 aliphatic rings. The summed E-state index contributed by atoms with van der Waals surface area (Å²) >= 11 is 0. The number of hydrogen-bond acceptors (Lipinski definition) is 3. The lowest BCUT2D eigenvalue weighted by Gasteiger charge is -2.28. The predicted octanol–water partition coefficient (Wildman–Crippen LogP) is 4.66. The van der Waals surface area contributed by atoms with Crippen molar-refractivity contribution in [3.8, 4) is 11.5 Å². The average Bonchev–Trinajstić information content (AvgIpc) is 2.57. The zero-order valence-corrected chi connectivity index (χ0v) is 16.1. The van der Waals surface area contributed by atoms with E-state index in [2.05, 4.69) is 27.7 Å². The van der Waals surface area contributed by atoms with Gasteiger partial charge in [0.2, 0.25) is 5.91 Å². The van der Waals surface area contributed by atoms with E-state index in [1.54, 1.807) is 14.2 Å². The van der Waals surface area contributed by atoms with Crippen LogP contribution in [0.4, 0.5) is 0 Å². The molecular formula is C20H33NO3. The summed E-state index contributed by atoms with van der Waals surface area (Å²) in [5.41, 5.74) is 1.10. The van der Waals surface area contributed by atoms with E-state index >= 15 is 0 Å². The predicted molar refractivity (Wildman–Crippen MR) is 98.6 cm³/mol. The lowest BCUT2D eigenvalue weighted by atomic mass is 9.86. The number of carbonyl (C=O) groups is 1. The molecule has 1 aromatic carbocycles. The SMILES string of the molecule is CCCCN(Cc1ccc(OC)c(OC)c1)C(=O)CC(C)(C)CC. The molecule has 0 atom stereocenters. The summed E-state index contributed by atoms with van der Waals surface area (Å²) in [7, 11) is 3.26. The second kappa shape index (κ2) is 9.55. The molecule has 0 unspecified atom stereocenters. The Hall–Kier alpha value is -1.71. The molecule has 0 saturated heterocycles. The molecule has 4 nitrogen and oxygen atoms in total. The van der Waals surface area contributed by atoms with Crippen molar-refractivity contribution in [1.29, 1.82) is 0 Å². The molecule has 0 aliphatic carbocycles. The van der Waals surface area contributed by atoms with Gasteiger partial charge in [-0.15, -0.1) is 0 Å². The van der Waals surface area contributed by atoms with Crippen molar-refractivity contribution in [3.63, 3.8) is 0 Å². The Labute approximate surface area is 147 Å². The molecule has 0 saturated carbocycles. The van der Waals surface area contributed by atoms with Gasteiger partial charge in [0.15, 0.2) is 11.5 Å². The summed E-state index contributed by atoms with van der Waals surface area (Å²) in [6.45, 7) is 9.99. The highest BCUT2D eigenvalue weighted by Crippen LogP contribution is 2.29. The lowest BCUT2D eigenvalue weighted by molar-refractivity contribution is -0.134. The summed E-state index contributed by atoms with van der Waals surface area (Å²) < 4.78 is 10.7. The minimum atomic E-state index is 0.0408. The molecule has 0 fully saturated rings. The summed E-state index contributed by atoms with van der Waals surface area (Å²) in [6.07, 6.45) is 3.68. The van der Waals surface area contributed by atoms with Crippen molar-refractivity contribution in [2.24, 2.45) is 5.41 Å². The van der Waals surface area contributed by atoms with Crippen LogP contribution in [0, 0.1) is 5.41 Å². The van der Waals surface area contributed by atoms with Gasteiger partial charge in [0.05, 0.1) is 14.2 Å². The summed E-state index contributed by atoms with van der Waals surface area (Å²) in [5.74, 6) is 1.64. The molecular weight excluding hydrogens is 302 g/mol. The normalized spacial score (nSPS) is 11.2. The Morgan fingerprint density at radius 2 is 1.79 bits per heavy atom. The Morgan fingerprint density at radius 3 is 2.33 bits per heavy atom. The Bertz CT molecular complexity index is 526. The van der Waals surface area contributed by atoms with Gasteiger partial charge in [0, 0.05) is 19.5 Å². The Morgan fingerprint density at radius 1 is 1.12 bits per heavy atom. The minimum Gasteiger partial charge on any atom is -0.493 e. The fourth-order valence-electron chi connectivity index (χ4n) is 2.49. The van der Waals surface area contributed by atoms with Gasteiger partial charge < -0.3 is 14.4 Å². The van der Waals surface area contributed by atoms with Crippen molar-refractivity contribution in [2.45, 2.75) is 59.9 Å². The molecule has 1 aromatic rings. The highest BCUT2D eigenvalue weighted by Gasteiger charge is 2.23. The molecule has 0 N–H and O–H groups in total. The number of unbranched alkanes of at least 4 members (excludes halogenated alkanes) is 1. The van der Waals surface area contributed by atoms with E-state index in [0.29, 0.717) is 24.5 Å². The van der Waals surface area contributed by atoms with Crippen molar-refractivity contribution >= 4 is 5.91 Å². The zero-order chi connectivity index (χ0) is 18.2. The van der Waals surface area contributed by atoms with E-state index in [1.807, 2.05) is 23.1 Å². The van der Waals surface area contributed by atoms with Crippen LogP contribution in [0.1, 0.15) is 58.9 Å². The summed E-state index contributed by atoms with van der Waals surface area (Å²) in [6, 6.07) is 5.85. The molecule has 0 aromatic heterocycles. The van der Waals surface area contributed by atoms with E-state index in [9.17, 15) is 4.79 Å². The molecule has 0 spiro atoms. The third kappa shape index (κ3) is 6.06. The van der Waals surface area contributed by atoms with Crippen LogP contribution in [0.5, 0.6) is 11.5 Å². The molecule has 4 heteroatoms. The van der Waals surface area contributed by atoms with Crippen LogP contribution in [0.2, 0.25) is 0 Å². The van der Waals surface area contributed by atoms with Crippen molar-refractivity contribution in [2.75, 3.05) is 20.8 Å². The van der Waals surface area contributed by atoms with E-state index in [4.69, 9.17) is 9.47 Å². The number of methoxy groups -OCH3 is 2. The zero-order valence-electron chi connectivity index (χ0n) is 16.1. The molecule has 0 radical (unpaired) electrons. The number of nitrogens with zero attached hydrogens (tertiary/aromatic N) is 1. The highest BCUT2D eigenvalue weighted by atomic mass is 16.5. The first-order valence-electron chi connectivity index (χ1n) is 8.85. The van der Waals surface area contributed by atoms with E-state index in [-0.39, 0.29) is 11.3 Å². The fraction of sp³-hybridized carbons (Fsp3) is 0.650. The molecule has 24 heavy (non-hydrogen) atoms. The van der Waals surface area contributed by atoms with Crippen LogP contribution >= 0.6 is 0 Å². The van der Waals surface area contributed by atoms with E-state index < -0.39 is 0 Å². The van der Waals surface area contributed by atoms with E-state index in [1.165, 1.54) is 0 Å². The van der Waals surface area contributed by atoms with Crippen molar-refractivity contribution < 1.29 is 14.3 Å². The minimum absolute atomic E-state index is 0.0408. The van der Waals surface area contributed by atoms with Crippen LogP contribution in [0.3, 0.4) is 0 Å². The summed E-state index contributed by atoms with van der Waals surface area (Å²) in [5, 5.41) is 0. The first-order chi connectivity index (χ1) is 11.4. The Balaban J connectivity index is 2.91. The molecule has 0 heterocycles. The molecule has 1 amide bonds. The number of hydrogen-bond donors (Lipinski definition) is 0. The van der Waals surface area contributed by atoms with Crippen LogP contribution in [-0.2, 0) is 11.3 Å². The van der Waals surface area contributed by atoms with Gasteiger partial charge in [-0.2, -0.15) is 0 Å². The largest absolute Gasteiger partial charge is 0.493 e. The Kier molecular flexibility index (Phi) is 8.09. The van der Waals surface area contributed by atoms with Gasteiger partial charge in [-0.25, -0.2) is 0 Å². The molecule has 1 rings (SSSR count). The molecule has 0 aliphatic heterocycles. The smallest absolute Gasteiger partial charge is 0.223 e. The van der Waals surface area contributed by atoms with Gasteiger partial charge in [0.1, 0.15) is 0 Å². The maximum Gasteiger partial charge on any atom is 0.223 e. The fourth-order valence-corrected chi connectivity index (χ4v) is 2.49. The maximum atomic E-state index is 12.8. The van der Waals surface area contributed by atoms with Crippen molar-refractivity contribution in [1.82, 2.24) is 4.90 Å². The third-order valence-corrected chi connectivity index (χ3v) is 4.54. The second-order valence-corrected chi connectivity index (χ2v) is 7.05. The number of benzene rings is 1. The second-order valence-electron chi connectivity index (χ2n) is 7.05. The first kappa shape index (κ1) is 20.3. The van der Waals surface area contributed by atoms with E-state index in [0.717, 1.165) is 31.4 Å². The monoisotopic (exact) mass is 335 g/mol. The van der Waals surface area contributed by atoms with Gasteiger partial charge in [-0.05, 0) is 29.5 Å². The molecule has 0 bridgehead atoms. The van der Waals surface area contributed by atoms with Crippen LogP contribution in [0.25, 0.3) is 0 Å². The first-order valence-corrected chi connectivity index (χ1v) is 8.85. The topological polar surface area (TPSA) is 38.8 Å². The van der Waals surface area contributed by atoms with Gasteiger partial charge in [-0.1, -0.05) is 46.6 Å². The number of amides is 1. The summed E-state index contributed by atoms with van der Waals surface area (Å²) in [4.78, 5) is 14.7. The quantitative estimate of drug-likeness (QED) is 0.624. The highest BCUT2D eigenvalue weighted by molar-refractivity contribution is 5.76. The van der Waals surface area contributed by atoms with Gasteiger partial charge in [0.25, 0.3) is 0 Å². The van der Waals surface area contributed by atoms with Crippen molar-refractivity contribution in [3.05, 3.63) is 23.8 Å². The van der Waals surface area contributed by atoms with Crippen LogP contribution in [0.15, 0.2) is 18.2 Å². The van der Waals surface area contributed by atoms with Crippen LogP contribution in [-0.4, -0.2) is 31.6 Å². The number of rotatable bonds is 10. The third-order valence-electron chi connectivity index (χ3n) is 4.54. The average molecular weight is 335 g/mol. The van der Waals surface area contributed by atoms with Gasteiger partial charge in [-0.3, -0.25) is 4.79 Å². The number of carbonyl (C=O) groups excluding carboxylic acids is 1. The van der Waals surface area contributed by atoms with Gasteiger partial charge >= 0.3 is 0 Å². The maximum absolute atomic E-state index is 12.8. The lowest BCUT2D eigenvalue weighted by Crippen LogP contribution is -2.34. The standard InChI is InChI=1S/C20H33NO3/c1-7-9-12-21(19(22)14-20(3,4)8-2)15-16-10-11-17(23-5)18(13-16)24-6/h10-11,13H,7-9,12,14-15H2,1-6H3. The molecule has 136 valence electrons. The number of ether oxygens (including phenoxy) is 2. The van der Waals surface area contributed by atoms with Crippen LogP contribution < -0.4 is 9.47 Å².